The Kier molecular flexibility index (Phi) is 1.83. The zero-order valence-corrected chi connectivity index (χ0v) is 8.75. The molecule has 1 heterocycles. The van der Waals surface area contributed by atoms with Crippen LogP contribution in [0.5, 0.6) is 5.88 Å². The van der Waals surface area contributed by atoms with Crippen molar-refractivity contribution < 1.29 is 5.11 Å². The van der Waals surface area contributed by atoms with Crippen molar-refractivity contribution in [2.45, 2.75) is 19.3 Å². The van der Waals surface area contributed by atoms with Crippen molar-refractivity contribution in [1.82, 2.24) is 10.2 Å². The van der Waals surface area contributed by atoms with Crippen molar-refractivity contribution in [3.8, 4) is 5.88 Å². The van der Waals surface area contributed by atoms with Crippen molar-refractivity contribution in [2.24, 2.45) is 0 Å². The summed E-state index contributed by atoms with van der Waals surface area (Å²) in [6.07, 6.45) is 3.29. The average Bonchev–Trinajstić information content (AvgIpc) is 2.71. The van der Waals surface area contributed by atoms with E-state index in [1.165, 1.54) is 11.1 Å². The summed E-state index contributed by atoms with van der Waals surface area (Å²) in [6, 6.07) is 3.98. The fourth-order valence-corrected chi connectivity index (χ4v) is 2.39. The van der Waals surface area contributed by atoms with Gasteiger partial charge in [0, 0.05) is 5.39 Å². The van der Waals surface area contributed by atoms with E-state index in [4.69, 9.17) is 11.6 Å². The van der Waals surface area contributed by atoms with Crippen LogP contribution in [-0.2, 0) is 12.8 Å². The smallest absolute Gasteiger partial charge is 0.250 e. The Morgan fingerprint density at radius 2 is 2.07 bits per heavy atom. The molecule has 15 heavy (non-hydrogen) atoms. The SMILES string of the molecule is Oc1nnc2c3c(ccc2c1Cl)CCC3. The molecule has 0 unspecified atom stereocenters. The van der Waals surface area contributed by atoms with E-state index in [9.17, 15) is 5.11 Å². The number of aromatic nitrogens is 2. The van der Waals surface area contributed by atoms with Crippen LogP contribution in [0, 0.1) is 0 Å². The van der Waals surface area contributed by atoms with Gasteiger partial charge in [-0.15, -0.1) is 10.2 Å². The molecular formula is C11H9ClN2O. The number of fused-ring (bicyclic) bond motifs is 3. The van der Waals surface area contributed by atoms with Gasteiger partial charge in [0.1, 0.15) is 5.02 Å². The molecule has 4 heteroatoms. The summed E-state index contributed by atoms with van der Waals surface area (Å²) in [6.45, 7) is 0. The molecule has 76 valence electrons. The number of aryl methyl sites for hydroxylation is 2. The number of benzene rings is 1. The maximum Gasteiger partial charge on any atom is 0.250 e. The number of hydrogen-bond acceptors (Lipinski definition) is 3. The Labute approximate surface area is 91.7 Å². The molecule has 3 rings (SSSR count). The van der Waals surface area contributed by atoms with Crippen LogP contribution >= 0.6 is 11.6 Å². The van der Waals surface area contributed by atoms with E-state index < -0.39 is 0 Å². The fourth-order valence-electron chi connectivity index (χ4n) is 2.20. The first kappa shape index (κ1) is 8.92. The van der Waals surface area contributed by atoms with Crippen molar-refractivity contribution >= 4 is 22.5 Å². The molecule has 2 aromatic rings. The molecular weight excluding hydrogens is 212 g/mol. The molecule has 1 aromatic carbocycles. The van der Waals surface area contributed by atoms with Gasteiger partial charge in [0.25, 0.3) is 5.88 Å². The molecule has 0 spiro atoms. The summed E-state index contributed by atoms with van der Waals surface area (Å²) in [7, 11) is 0. The Balaban J connectivity index is 2.43. The Bertz CT molecular complexity index is 554. The van der Waals surface area contributed by atoms with Crippen molar-refractivity contribution in [3.63, 3.8) is 0 Å². The lowest BCUT2D eigenvalue weighted by Gasteiger charge is -2.05. The van der Waals surface area contributed by atoms with Gasteiger partial charge < -0.3 is 5.11 Å². The normalized spacial score (nSPS) is 14.5. The second-order valence-electron chi connectivity index (χ2n) is 3.79. The van der Waals surface area contributed by atoms with E-state index in [1.807, 2.05) is 6.07 Å². The zero-order chi connectivity index (χ0) is 10.4. The minimum Gasteiger partial charge on any atom is -0.491 e. The van der Waals surface area contributed by atoms with Gasteiger partial charge >= 0.3 is 0 Å². The third-order valence-electron chi connectivity index (χ3n) is 2.93. The lowest BCUT2D eigenvalue weighted by Crippen LogP contribution is -1.92. The molecule has 0 fully saturated rings. The highest BCUT2D eigenvalue weighted by Gasteiger charge is 2.17. The van der Waals surface area contributed by atoms with E-state index >= 15 is 0 Å². The summed E-state index contributed by atoms with van der Waals surface area (Å²) in [5.41, 5.74) is 3.41. The Hall–Kier alpha value is -1.35. The zero-order valence-electron chi connectivity index (χ0n) is 8.00. The van der Waals surface area contributed by atoms with Gasteiger partial charge in [0.05, 0.1) is 5.52 Å². The van der Waals surface area contributed by atoms with Gasteiger partial charge in [-0.25, -0.2) is 0 Å². The first-order chi connectivity index (χ1) is 7.27. The van der Waals surface area contributed by atoms with Gasteiger partial charge in [-0.2, -0.15) is 0 Å². The predicted octanol–water partition coefficient (Wildman–Crippen LogP) is 2.48. The maximum absolute atomic E-state index is 9.36. The van der Waals surface area contributed by atoms with E-state index in [2.05, 4.69) is 16.3 Å². The van der Waals surface area contributed by atoms with Crippen LogP contribution in [0.15, 0.2) is 12.1 Å². The van der Waals surface area contributed by atoms with Crippen LogP contribution in [0.3, 0.4) is 0 Å². The summed E-state index contributed by atoms with van der Waals surface area (Å²) in [4.78, 5) is 0. The number of aromatic hydroxyl groups is 1. The quantitative estimate of drug-likeness (QED) is 0.742. The Morgan fingerprint density at radius 3 is 2.93 bits per heavy atom. The van der Waals surface area contributed by atoms with Crippen molar-refractivity contribution in [2.75, 3.05) is 0 Å². The van der Waals surface area contributed by atoms with Crippen LogP contribution in [0.2, 0.25) is 5.02 Å². The predicted molar refractivity (Wildman–Crippen MR) is 58.2 cm³/mol. The summed E-state index contributed by atoms with van der Waals surface area (Å²) >= 11 is 5.98. The molecule has 0 saturated carbocycles. The molecule has 3 nitrogen and oxygen atoms in total. The van der Waals surface area contributed by atoms with E-state index in [0.29, 0.717) is 5.02 Å². The van der Waals surface area contributed by atoms with Gasteiger partial charge in [-0.05, 0) is 30.4 Å². The molecule has 1 N–H and O–H groups in total. The number of halogens is 1. The van der Waals surface area contributed by atoms with Crippen molar-refractivity contribution in [3.05, 3.63) is 28.3 Å². The van der Waals surface area contributed by atoms with Gasteiger partial charge in [0.2, 0.25) is 0 Å². The minimum absolute atomic E-state index is 0.192. The molecule has 1 aromatic heterocycles. The van der Waals surface area contributed by atoms with Gasteiger partial charge in [0.15, 0.2) is 0 Å². The lowest BCUT2D eigenvalue weighted by molar-refractivity contribution is 0.447. The standard InChI is InChI=1S/C11H9ClN2O/c12-9-8-5-4-6-2-1-3-7(6)10(8)13-14-11(9)15/h4-5H,1-3H2,(H,14,15). The number of rotatable bonds is 0. The van der Waals surface area contributed by atoms with Crippen LogP contribution in [0.1, 0.15) is 17.5 Å². The number of hydrogen-bond donors (Lipinski definition) is 1. The first-order valence-corrected chi connectivity index (χ1v) is 5.31. The monoisotopic (exact) mass is 220 g/mol. The highest BCUT2D eigenvalue weighted by atomic mass is 35.5. The van der Waals surface area contributed by atoms with E-state index in [-0.39, 0.29) is 5.88 Å². The van der Waals surface area contributed by atoms with E-state index in [1.54, 1.807) is 0 Å². The van der Waals surface area contributed by atoms with Crippen LogP contribution in [-0.4, -0.2) is 15.3 Å². The lowest BCUT2D eigenvalue weighted by atomic mass is 10.1. The summed E-state index contributed by atoms with van der Waals surface area (Å²) in [5, 5.41) is 18.1. The highest BCUT2D eigenvalue weighted by Crippen LogP contribution is 2.34. The van der Waals surface area contributed by atoms with Gasteiger partial charge in [-0.3, -0.25) is 0 Å². The molecule has 0 aliphatic heterocycles. The Morgan fingerprint density at radius 1 is 1.20 bits per heavy atom. The highest BCUT2D eigenvalue weighted by molar-refractivity contribution is 6.36. The summed E-state index contributed by atoms with van der Waals surface area (Å²) < 4.78 is 0. The maximum atomic E-state index is 9.36. The third kappa shape index (κ3) is 1.20. The minimum atomic E-state index is -0.192. The molecule has 0 atom stereocenters. The van der Waals surface area contributed by atoms with Crippen LogP contribution in [0.4, 0.5) is 0 Å². The topological polar surface area (TPSA) is 46.0 Å². The second kappa shape index (κ2) is 3.07. The second-order valence-corrected chi connectivity index (χ2v) is 4.17. The molecule has 0 saturated heterocycles. The fraction of sp³-hybridized carbons (Fsp3) is 0.273. The molecule has 0 amide bonds. The van der Waals surface area contributed by atoms with Crippen LogP contribution < -0.4 is 0 Å². The average molecular weight is 221 g/mol. The summed E-state index contributed by atoms with van der Waals surface area (Å²) in [5.74, 6) is -0.192. The molecule has 1 aliphatic rings. The molecule has 1 aliphatic carbocycles. The van der Waals surface area contributed by atoms with Gasteiger partial charge in [-0.1, -0.05) is 23.7 Å². The molecule has 0 radical (unpaired) electrons. The first-order valence-electron chi connectivity index (χ1n) is 4.93. The number of nitrogens with zero attached hydrogens (tertiary/aromatic N) is 2. The third-order valence-corrected chi connectivity index (χ3v) is 3.30. The van der Waals surface area contributed by atoms with Crippen molar-refractivity contribution in [1.29, 1.82) is 0 Å². The van der Waals surface area contributed by atoms with Crippen LogP contribution in [0.25, 0.3) is 10.9 Å². The van der Waals surface area contributed by atoms with E-state index in [0.717, 1.165) is 30.2 Å². The molecule has 0 bridgehead atoms. The largest absolute Gasteiger partial charge is 0.491 e.